The molecule has 0 aliphatic heterocycles. The van der Waals surface area contributed by atoms with Gasteiger partial charge in [0.2, 0.25) is 3.79 Å². The molecule has 0 N–H and O–H groups in total. The predicted octanol–water partition coefficient (Wildman–Crippen LogP) is 4.97. The van der Waals surface area contributed by atoms with Gasteiger partial charge in [0, 0.05) is 0 Å². The molecule has 0 aliphatic rings. The summed E-state index contributed by atoms with van der Waals surface area (Å²) in [5.41, 5.74) is 0. The Hall–Kier alpha value is 2.03. The lowest BCUT2D eigenvalue weighted by Gasteiger charge is -2.00. The van der Waals surface area contributed by atoms with Gasteiger partial charge in [-0.25, -0.2) is 0 Å². The van der Waals surface area contributed by atoms with E-state index in [4.69, 9.17) is 81.2 Å². The Morgan fingerprint density at radius 2 is 1.00 bits per heavy atom. The summed E-state index contributed by atoms with van der Waals surface area (Å²) in [5.74, 6) is 0.0394. The molecule has 0 aromatic heterocycles. The van der Waals surface area contributed by atoms with E-state index >= 15 is 0 Å². The standard InChI is InChI=1S/C2H2Cl4.C2H3Cl3/c3-1-2(4,5)6;1-2(3,4)5/h1H2;1H3. The lowest BCUT2D eigenvalue weighted by atomic mass is 10.9. The van der Waals surface area contributed by atoms with E-state index in [9.17, 15) is 0 Å². The largest absolute Gasteiger partial charge is 0.203 e. The molecule has 0 aromatic rings. The zero-order valence-corrected chi connectivity index (χ0v) is 10.6. The Balaban J connectivity index is 0. The topological polar surface area (TPSA) is 0 Å². The summed E-state index contributed by atoms with van der Waals surface area (Å²) in [6.45, 7) is 1.48. The molecule has 0 amide bonds. The smallest absolute Gasteiger partial charge is 0.122 e. The Morgan fingerprint density at radius 1 is 0.909 bits per heavy atom. The van der Waals surface area contributed by atoms with E-state index in [1.54, 1.807) is 0 Å². The van der Waals surface area contributed by atoms with Crippen LogP contribution in [0.15, 0.2) is 0 Å². The highest BCUT2D eigenvalue weighted by atomic mass is 35.6. The lowest BCUT2D eigenvalue weighted by Crippen LogP contribution is -2.01. The van der Waals surface area contributed by atoms with Gasteiger partial charge in [-0.2, -0.15) is 0 Å². The molecule has 0 atom stereocenters. The van der Waals surface area contributed by atoms with Crippen LogP contribution in [-0.2, 0) is 0 Å². The first kappa shape index (κ1) is 15.5. The van der Waals surface area contributed by atoms with Crippen LogP contribution in [0, 0.1) is 0 Å². The Bertz CT molecular complexity index is 81.6. The molecule has 0 fully saturated rings. The first-order chi connectivity index (χ1) is 4.56. The molecule has 11 heavy (non-hydrogen) atoms. The van der Waals surface area contributed by atoms with Gasteiger partial charge in [0.1, 0.15) is 0 Å². The number of alkyl halides is 7. The average Bonchev–Trinajstić information content (AvgIpc) is 1.59. The number of hydrogen-bond donors (Lipinski definition) is 0. The molecule has 0 radical (unpaired) electrons. The number of hydrogen-bond acceptors (Lipinski definition) is 0. The van der Waals surface area contributed by atoms with Crippen molar-refractivity contribution >= 4 is 81.2 Å². The molecule has 0 heterocycles. The van der Waals surface area contributed by atoms with Gasteiger partial charge in [-0.1, -0.05) is 69.6 Å². The van der Waals surface area contributed by atoms with Crippen molar-refractivity contribution < 1.29 is 0 Å². The third kappa shape index (κ3) is 47.8. The van der Waals surface area contributed by atoms with Gasteiger partial charge in [-0.05, 0) is 6.92 Å². The molecule has 0 unspecified atom stereocenters. The van der Waals surface area contributed by atoms with Crippen LogP contribution in [0.5, 0.6) is 0 Å². The van der Waals surface area contributed by atoms with Crippen molar-refractivity contribution in [2.24, 2.45) is 0 Å². The Morgan fingerprint density at radius 3 is 1.00 bits per heavy atom. The fourth-order valence-corrected chi connectivity index (χ4v) is 0. The van der Waals surface area contributed by atoms with Crippen molar-refractivity contribution in [3.63, 3.8) is 0 Å². The van der Waals surface area contributed by atoms with Crippen molar-refractivity contribution in [3.8, 4) is 0 Å². The third-order valence-electron chi connectivity index (χ3n) is 0.152. The summed E-state index contributed by atoms with van der Waals surface area (Å²) >= 11 is 35.6. The normalized spacial score (nSPS) is 12.0. The van der Waals surface area contributed by atoms with Gasteiger partial charge in [-0.3, -0.25) is 0 Å². The van der Waals surface area contributed by atoms with Crippen LogP contribution in [0.3, 0.4) is 0 Å². The quantitative estimate of drug-likeness (QED) is 0.554. The molecule has 0 aliphatic carbocycles. The van der Waals surface area contributed by atoms with E-state index in [-0.39, 0.29) is 5.88 Å². The van der Waals surface area contributed by atoms with E-state index in [1.807, 2.05) is 0 Å². The predicted molar refractivity (Wildman–Crippen MR) is 57.0 cm³/mol. The Labute approximate surface area is 101 Å². The van der Waals surface area contributed by atoms with Gasteiger partial charge in [-0.15, -0.1) is 11.6 Å². The van der Waals surface area contributed by atoms with Crippen LogP contribution >= 0.6 is 81.2 Å². The van der Waals surface area contributed by atoms with Gasteiger partial charge in [0.15, 0.2) is 3.79 Å². The van der Waals surface area contributed by atoms with Crippen LogP contribution in [0.4, 0.5) is 0 Å². The lowest BCUT2D eigenvalue weighted by molar-refractivity contribution is 1.27. The molecule has 0 bridgehead atoms. The van der Waals surface area contributed by atoms with Crippen molar-refractivity contribution in [3.05, 3.63) is 0 Å². The van der Waals surface area contributed by atoms with Gasteiger partial charge >= 0.3 is 0 Å². The fraction of sp³-hybridized carbons (Fsp3) is 1.00. The van der Waals surface area contributed by atoms with Crippen LogP contribution in [0.2, 0.25) is 0 Å². The number of halogens is 7. The van der Waals surface area contributed by atoms with Crippen LogP contribution in [0.1, 0.15) is 6.92 Å². The zero-order valence-electron chi connectivity index (χ0n) is 5.35. The van der Waals surface area contributed by atoms with Gasteiger partial charge < -0.3 is 0 Å². The third-order valence-corrected chi connectivity index (χ3v) is 1.36. The second-order valence-electron chi connectivity index (χ2n) is 1.53. The monoisotopic (exact) mass is 298 g/mol. The summed E-state index contributed by atoms with van der Waals surface area (Å²) in [4.78, 5) is 0. The summed E-state index contributed by atoms with van der Waals surface area (Å²) < 4.78 is -2.36. The molecule has 0 saturated heterocycles. The molecule has 70 valence electrons. The molecule has 7 heteroatoms. The molecular formula is C4H5Cl7. The maximum Gasteiger partial charge on any atom is 0.203 e. The highest BCUT2D eigenvalue weighted by molar-refractivity contribution is 6.69. The summed E-state index contributed by atoms with van der Waals surface area (Å²) in [7, 11) is 0. The minimum Gasteiger partial charge on any atom is -0.122 e. The van der Waals surface area contributed by atoms with Crippen LogP contribution < -0.4 is 0 Å². The maximum absolute atomic E-state index is 5.12. The number of rotatable bonds is 0. The second kappa shape index (κ2) is 6.48. The van der Waals surface area contributed by atoms with E-state index in [0.717, 1.165) is 0 Å². The Kier molecular flexibility index (Phi) is 9.13. The van der Waals surface area contributed by atoms with Crippen LogP contribution in [-0.4, -0.2) is 13.5 Å². The van der Waals surface area contributed by atoms with E-state index < -0.39 is 7.59 Å². The molecule has 0 aromatic carbocycles. The van der Waals surface area contributed by atoms with Gasteiger partial charge in [0.25, 0.3) is 0 Å². The van der Waals surface area contributed by atoms with Crippen molar-refractivity contribution in [1.82, 2.24) is 0 Å². The van der Waals surface area contributed by atoms with E-state index in [1.165, 1.54) is 6.92 Å². The average molecular weight is 301 g/mol. The molecular weight excluding hydrogens is 296 g/mol. The molecule has 0 saturated carbocycles. The molecule has 0 spiro atoms. The van der Waals surface area contributed by atoms with Crippen molar-refractivity contribution in [1.29, 1.82) is 0 Å². The van der Waals surface area contributed by atoms with E-state index in [0.29, 0.717) is 0 Å². The molecule has 0 nitrogen and oxygen atoms in total. The summed E-state index contributed by atoms with van der Waals surface area (Å²) in [6.07, 6.45) is 0. The van der Waals surface area contributed by atoms with Crippen molar-refractivity contribution in [2.45, 2.75) is 14.5 Å². The fourth-order valence-electron chi connectivity index (χ4n) is 0. The molecule has 0 rings (SSSR count). The second-order valence-corrected chi connectivity index (χ2v) is 7.16. The summed E-state index contributed by atoms with van der Waals surface area (Å²) in [5, 5.41) is 0. The zero-order chi connectivity index (χ0) is 9.71. The van der Waals surface area contributed by atoms with Crippen molar-refractivity contribution in [2.75, 3.05) is 5.88 Å². The maximum atomic E-state index is 5.12. The first-order valence-corrected chi connectivity index (χ1v) is 5.06. The highest BCUT2D eigenvalue weighted by Crippen LogP contribution is 2.26. The summed E-state index contributed by atoms with van der Waals surface area (Å²) in [6, 6.07) is 0. The van der Waals surface area contributed by atoms with E-state index in [2.05, 4.69) is 0 Å². The van der Waals surface area contributed by atoms with Crippen LogP contribution in [0.25, 0.3) is 0 Å². The SMILES string of the molecule is CC(Cl)(Cl)Cl.ClCC(Cl)(Cl)Cl. The minimum absolute atomic E-state index is 0.0394. The minimum atomic E-state index is -1.28. The highest BCUT2D eigenvalue weighted by Gasteiger charge is 2.16. The first-order valence-electron chi connectivity index (χ1n) is 2.25. The van der Waals surface area contributed by atoms with Gasteiger partial charge in [0.05, 0.1) is 5.88 Å².